The largest absolute Gasteiger partial charge is 0.351 e. The SMILES string of the molecule is CC(F)(F)C[C@@H](C(=O)NC1(C#N)CC1)N1CCC2(CCN(C(N)=O)CC2)C1=O. The number of carbonyl (C=O) groups is 3. The van der Waals surface area contributed by atoms with Gasteiger partial charge in [0.1, 0.15) is 11.6 Å². The molecule has 2 heterocycles. The van der Waals surface area contributed by atoms with Crippen LogP contribution in [-0.2, 0) is 9.59 Å². The molecule has 3 rings (SSSR count). The van der Waals surface area contributed by atoms with Gasteiger partial charge in [-0.3, -0.25) is 9.59 Å². The molecule has 0 aromatic carbocycles. The van der Waals surface area contributed by atoms with Gasteiger partial charge in [0.2, 0.25) is 17.7 Å². The molecule has 2 aliphatic heterocycles. The van der Waals surface area contributed by atoms with E-state index >= 15 is 0 Å². The first-order chi connectivity index (χ1) is 13.0. The Bertz CT molecular complexity index is 718. The van der Waals surface area contributed by atoms with Gasteiger partial charge in [0.05, 0.1) is 11.5 Å². The zero-order chi connectivity index (χ0) is 20.7. The lowest BCUT2D eigenvalue weighted by atomic mass is 9.77. The fraction of sp³-hybridized carbons (Fsp3) is 0.778. The number of hydrogen-bond acceptors (Lipinski definition) is 4. The number of primary amides is 1. The summed E-state index contributed by atoms with van der Waals surface area (Å²) in [5.74, 6) is -4.18. The van der Waals surface area contributed by atoms with Crippen molar-refractivity contribution in [3.63, 3.8) is 0 Å². The van der Waals surface area contributed by atoms with Gasteiger partial charge in [0.15, 0.2) is 0 Å². The predicted octanol–water partition coefficient (Wildman–Crippen LogP) is 0.966. The Hall–Kier alpha value is -2.44. The van der Waals surface area contributed by atoms with Gasteiger partial charge in [-0.25, -0.2) is 13.6 Å². The minimum atomic E-state index is -3.14. The van der Waals surface area contributed by atoms with Crippen LogP contribution in [0.25, 0.3) is 0 Å². The van der Waals surface area contributed by atoms with Gasteiger partial charge < -0.3 is 20.9 Å². The molecule has 1 atom stereocenters. The monoisotopic (exact) mass is 397 g/mol. The third kappa shape index (κ3) is 3.88. The topological polar surface area (TPSA) is 120 Å². The lowest BCUT2D eigenvalue weighted by molar-refractivity contribution is -0.147. The average molecular weight is 397 g/mol. The molecular weight excluding hydrogens is 372 g/mol. The zero-order valence-electron chi connectivity index (χ0n) is 15.8. The zero-order valence-corrected chi connectivity index (χ0v) is 15.8. The number of alkyl halides is 2. The van der Waals surface area contributed by atoms with Gasteiger partial charge >= 0.3 is 6.03 Å². The molecule has 1 saturated carbocycles. The summed E-state index contributed by atoms with van der Waals surface area (Å²) >= 11 is 0. The molecule has 0 unspecified atom stereocenters. The van der Waals surface area contributed by atoms with E-state index < -0.39 is 41.3 Å². The molecule has 2 saturated heterocycles. The highest BCUT2D eigenvalue weighted by Crippen LogP contribution is 2.43. The summed E-state index contributed by atoms with van der Waals surface area (Å²) in [5.41, 5.74) is 3.54. The van der Waals surface area contributed by atoms with Crippen molar-refractivity contribution < 1.29 is 23.2 Å². The molecule has 3 fully saturated rings. The van der Waals surface area contributed by atoms with Crippen LogP contribution in [0.1, 0.15) is 45.4 Å². The van der Waals surface area contributed by atoms with Crippen LogP contribution in [0.15, 0.2) is 0 Å². The molecule has 154 valence electrons. The van der Waals surface area contributed by atoms with Crippen LogP contribution >= 0.6 is 0 Å². The van der Waals surface area contributed by atoms with Crippen LogP contribution in [0.5, 0.6) is 0 Å². The number of rotatable bonds is 5. The Kier molecular flexibility index (Phi) is 4.98. The van der Waals surface area contributed by atoms with Crippen LogP contribution in [0.4, 0.5) is 13.6 Å². The fourth-order valence-electron chi connectivity index (χ4n) is 4.16. The van der Waals surface area contributed by atoms with Gasteiger partial charge in [-0.1, -0.05) is 0 Å². The van der Waals surface area contributed by atoms with E-state index in [-0.39, 0.29) is 12.5 Å². The van der Waals surface area contributed by atoms with Gasteiger partial charge in [-0.2, -0.15) is 5.26 Å². The highest BCUT2D eigenvalue weighted by atomic mass is 19.3. The minimum Gasteiger partial charge on any atom is -0.351 e. The second-order valence-corrected chi connectivity index (χ2v) is 8.33. The first-order valence-electron chi connectivity index (χ1n) is 9.47. The van der Waals surface area contributed by atoms with Gasteiger partial charge in [-0.15, -0.1) is 0 Å². The maximum Gasteiger partial charge on any atom is 0.314 e. The number of halogens is 2. The van der Waals surface area contributed by atoms with E-state index in [2.05, 4.69) is 5.32 Å². The smallest absolute Gasteiger partial charge is 0.314 e. The van der Waals surface area contributed by atoms with Gasteiger partial charge in [0, 0.05) is 26.1 Å². The Morgan fingerprint density at radius 2 is 1.82 bits per heavy atom. The standard InChI is InChI=1S/C18H25F2N5O3/c1-16(19,20)10-12(13(26)23-18(11-21)2-3-18)25-9-6-17(14(25)27)4-7-24(8-5-17)15(22)28/h12H,2-10H2,1H3,(H2,22,28)(H,23,26)/t12-/m0/s1. The Balaban J connectivity index is 1.76. The number of piperidine rings is 1. The van der Waals surface area contributed by atoms with Crippen LogP contribution in [0, 0.1) is 16.7 Å². The van der Waals surface area contributed by atoms with E-state index in [9.17, 15) is 23.2 Å². The van der Waals surface area contributed by atoms with Crippen molar-refractivity contribution in [1.29, 1.82) is 5.26 Å². The van der Waals surface area contributed by atoms with E-state index in [4.69, 9.17) is 11.0 Å². The number of nitrogens with zero attached hydrogens (tertiary/aromatic N) is 3. The number of nitriles is 1. The van der Waals surface area contributed by atoms with Crippen molar-refractivity contribution in [3.8, 4) is 6.07 Å². The summed E-state index contributed by atoms with van der Waals surface area (Å²) in [7, 11) is 0. The van der Waals surface area contributed by atoms with E-state index in [1.807, 2.05) is 6.07 Å². The molecule has 0 radical (unpaired) electrons. The van der Waals surface area contributed by atoms with E-state index in [1.54, 1.807) is 0 Å². The molecule has 0 bridgehead atoms. The normalized spacial score (nSPS) is 24.0. The first kappa shape index (κ1) is 20.3. The summed E-state index contributed by atoms with van der Waals surface area (Å²) in [6.45, 7) is 1.57. The van der Waals surface area contributed by atoms with Crippen molar-refractivity contribution in [2.75, 3.05) is 19.6 Å². The number of hydrogen-bond donors (Lipinski definition) is 2. The number of carbonyl (C=O) groups excluding carboxylic acids is 3. The second kappa shape index (κ2) is 6.87. The summed E-state index contributed by atoms with van der Waals surface area (Å²) < 4.78 is 27.6. The maximum atomic E-state index is 13.8. The van der Waals surface area contributed by atoms with Crippen molar-refractivity contribution in [2.24, 2.45) is 11.1 Å². The molecule has 4 amide bonds. The predicted molar refractivity (Wildman–Crippen MR) is 93.9 cm³/mol. The molecular formula is C18H25F2N5O3. The van der Waals surface area contributed by atoms with E-state index in [1.165, 1.54) is 9.80 Å². The van der Waals surface area contributed by atoms with Crippen LogP contribution in [0.2, 0.25) is 0 Å². The van der Waals surface area contributed by atoms with Gasteiger partial charge in [0.25, 0.3) is 0 Å². The summed E-state index contributed by atoms with van der Waals surface area (Å²) in [6.07, 6.45) is 1.39. The van der Waals surface area contributed by atoms with E-state index in [0.717, 1.165) is 0 Å². The number of nitrogens with one attached hydrogen (secondary N) is 1. The third-order valence-electron chi connectivity index (χ3n) is 6.14. The Morgan fingerprint density at radius 3 is 2.29 bits per heavy atom. The highest BCUT2D eigenvalue weighted by molar-refractivity contribution is 5.92. The van der Waals surface area contributed by atoms with Crippen LogP contribution in [0.3, 0.4) is 0 Å². The van der Waals surface area contributed by atoms with E-state index in [0.29, 0.717) is 52.1 Å². The number of urea groups is 1. The molecule has 28 heavy (non-hydrogen) atoms. The fourth-order valence-corrected chi connectivity index (χ4v) is 4.16. The van der Waals surface area contributed by atoms with Crippen LogP contribution in [-0.4, -0.2) is 64.8 Å². The van der Waals surface area contributed by atoms with Crippen molar-refractivity contribution in [3.05, 3.63) is 0 Å². The molecule has 10 heteroatoms. The molecule has 0 aromatic rings. The molecule has 3 N–H and O–H groups in total. The van der Waals surface area contributed by atoms with Crippen LogP contribution < -0.4 is 11.1 Å². The van der Waals surface area contributed by atoms with Crippen molar-refractivity contribution >= 4 is 17.8 Å². The Morgan fingerprint density at radius 1 is 1.25 bits per heavy atom. The maximum absolute atomic E-state index is 13.8. The quantitative estimate of drug-likeness (QED) is 0.718. The molecule has 8 nitrogen and oxygen atoms in total. The summed E-state index contributed by atoms with van der Waals surface area (Å²) in [5, 5.41) is 11.7. The average Bonchev–Trinajstić information content (AvgIpc) is 3.33. The van der Waals surface area contributed by atoms with Gasteiger partial charge in [-0.05, 0) is 39.0 Å². The highest BCUT2D eigenvalue weighted by Gasteiger charge is 2.53. The second-order valence-electron chi connectivity index (χ2n) is 8.33. The third-order valence-corrected chi connectivity index (χ3v) is 6.14. The molecule has 0 aromatic heterocycles. The van der Waals surface area contributed by atoms with Crippen molar-refractivity contribution in [2.45, 2.75) is 63.0 Å². The van der Waals surface area contributed by atoms with Crippen molar-refractivity contribution in [1.82, 2.24) is 15.1 Å². The molecule has 1 aliphatic carbocycles. The lowest BCUT2D eigenvalue weighted by Gasteiger charge is -2.38. The Labute approximate surface area is 162 Å². The summed E-state index contributed by atoms with van der Waals surface area (Å²) in [6, 6.07) is 0.126. The lowest BCUT2D eigenvalue weighted by Crippen LogP contribution is -2.54. The summed E-state index contributed by atoms with van der Waals surface area (Å²) in [4.78, 5) is 39.9. The molecule has 3 aliphatic rings. The number of nitrogens with two attached hydrogens (primary N) is 1. The minimum absolute atomic E-state index is 0.198. The number of likely N-dealkylation sites (tertiary alicyclic amines) is 2. The number of amides is 4. The molecule has 1 spiro atoms. The first-order valence-corrected chi connectivity index (χ1v) is 9.47.